The lowest BCUT2D eigenvalue weighted by Crippen LogP contribution is -2.75. The Kier molecular flexibility index (Phi) is 14.5. The third kappa shape index (κ3) is 8.58. The van der Waals surface area contributed by atoms with E-state index >= 15 is 0 Å². The third-order valence-electron chi connectivity index (χ3n) is 15.9. The minimum absolute atomic E-state index is 0.00275. The maximum atomic E-state index is 13.0. The Hall–Kier alpha value is -0.870. The molecule has 4 saturated carbocycles. The Balaban J connectivity index is 1.02. The average Bonchev–Trinajstić information content (AvgIpc) is 3.46. The Morgan fingerprint density at radius 3 is 1.90 bits per heavy atom. The summed E-state index contributed by atoms with van der Waals surface area (Å²) in [6.45, 7) is 16.9. The van der Waals surface area contributed by atoms with Crippen LogP contribution in [0.2, 0.25) is 0 Å². The standard InChI is InChI=1S/C46H80O4/c1-8-9-10-11-12-13-14-15-16-17-18-19-20-21-22-23-42(47)48-38-28-31-44(7)41-29-30-43(6)39(37(5)25-24-36(4)35(2)3)26-27-40(43)46(41)33-32-45(44,34-38)49-50-46/h24-25,35-41H,8-23,26-34H2,1-7H3. The number of rotatable bonds is 21. The predicted octanol–water partition coefficient (Wildman–Crippen LogP) is 13.5. The van der Waals surface area contributed by atoms with Crippen molar-refractivity contribution in [2.75, 3.05) is 0 Å². The number of carbonyl (C=O) groups is 1. The maximum absolute atomic E-state index is 13.0. The topological polar surface area (TPSA) is 44.8 Å². The van der Waals surface area contributed by atoms with E-state index in [9.17, 15) is 4.79 Å². The highest BCUT2D eigenvalue weighted by Gasteiger charge is 2.76. The van der Waals surface area contributed by atoms with E-state index in [1.54, 1.807) is 0 Å². The highest BCUT2D eigenvalue weighted by Crippen LogP contribution is 2.74. The van der Waals surface area contributed by atoms with Crippen LogP contribution in [0.4, 0.5) is 0 Å². The lowest BCUT2D eigenvalue weighted by atomic mass is 9.40. The molecule has 50 heavy (non-hydrogen) atoms. The van der Waals surface area contributed by atoms with E-state index in [-0.39, 0.29) is 28.7 Å². The van der Waals surface area contributed by atoms with Crippen LogP contribution in [0.3, 0.4) is 0 Å². The van der Waals surface area contributed by atoms with Gasteiger partial charge >= 0.3 is 5.97 Å². The van der Waals surface area contributed by atoms with Gasteiger partial charge in [-0.25, -0.2) is 9.78 Å². The van der Waals surface area contributed by atoms with Crippen molar-refractivity contribution in [1.82, 2.24) is 0 Å². The van der Waals surface area contributed by atoms with Gasteiger partial charge in [0.25, 0.3) is 0 Å². The first-order chi connectivity index (χ1) is 24.0. The summed E-state index contributed by atoms with van der Waals surface area (Å²) in [7, 11) is 0. The molecule has 0 amide bonds. The van der Waals surface area contributed by atoms with Gasteiger partial charge < -0.3 is 4.74 Å². The molecule has 0 N–H and O–H groups in total. The van der Waals surface area contributed by atoms with Gasteiger partial charge in [0.1, 0.15) is 17.3 Å². The average molecular weight is 697 g/mol. The Morgan fingerprint density at radius 2 is 1.32 bits per heavy atom. The smallest absolute Gasteiger partial charge is 0.306 e. The fraction of sp³-hybridized carbons (Fsp3) is 0.935. The van der Waals surface area contributed by atoms with Crippen LogP contribution in [0.1, 0.15) is 209 Å². The summed E-state index contributed by atoms with van der Waals surface area (Å²) >= 11 is 0. The van der Waals surface area contributed by atoms with Crippen molar-refractivity contribution in [2.24, 2.45) is 46.3 Å². The molecule has 2 bridgehead atoms. The zero-order valence-corrected chi connectivity index (χ0v) is 34.0. The number of hydrogen-bond acceptors (Lipinski definition) is 4. The van der Waals surface area contributed by atoms with Gasteiger partial charge in [0, 0.05) is 18.3 Å². The second-order valence-corrected chi connectivity index (χ2v) is 19.3. The molecule has 6 aliphatic rings. The van der Waals surface area contributed by atoms with Gasteiger partial charge in [-0.1, -0.05) is 151 Å². The molecule has 4 aliphatic carbocycles. The third-order valence-corrected chi connectivity index (χ3v) is 15.9. The highest BCUT2D eigenvalue weighted by atomic mass is 17.2. The number of esters is 1. The molecule has 4 heteroatoms. The first kappa shape index (κ1) is 40.3. The van der Waals surface area contributed by atoms with E-state index < -0.39 is 0 Å². The van der Waals surface area contributed by atoms with Crippen molar-refractivity contribution in [1.29, 1.82) is 0 Å². The van der Waals surface area contributed by atoms with Gasteiger partial charge in [0.2, 0.25) is 0 Å². The number of allylic oxidation sites excluding steroid dienone is 2. The fourth-order valence-corrected chi connectivity index (χ4v) is 12.3. The largest absolute Gasteiger partial charge is 0.462 e. The van der Waals surface area contributed by atoms with Gasteiger partial charge in [-0.3, -0.25) is 4.79 Å². The molecule has 0 aromatic carbocycles. The lowest BCUT2D eigenvalue weighted by Gasteiger charge is -2.72. The summed E-state index contributed by atoms with van der Waals surface area (Å²) in [6, 6.07) is 0. The van der Waals surface area contributed by atoms with Gasteiger partial charge in [-0.2, -0.15) is 0 Å². The first-order valence-electron chi connectivity index (χ1n) is 22.3. The number of hydrogen-bond donors (Lipinski definition) is 0. The minimum atomic E-state index is -0.313. The summed E-state index contributed by atoms with van der Waals surface area (Å²) in [4.78, 5) is 26.4. The molecule has 0 radical (unpaired) electrons. The Morgan fingerprint density at radius 1 is 0.700 bits per heavy atom. The van der Waals surface area contributed by atoms with Gasteiger partial charge in [-0.15, -0.1) is 0 Å². The molecule has 0 aromatic heterocycles. The molecule has 2 spiro atoms. The SMILES string of the molecule is CCCCCCCCCCCCCCCCCC(=O)OC1CCC2(C)C3CCC4(C)C(C(C)C=CC(C)C(C)C)CCC4C34CCC2(C1)OO4. The van der Waals surface area contributed by atoms with E-state index in [1.165, 1.54) is 109 Å². The number of carbonyl (C=O) groups excluding carboxylic acids is 1. The molecule has 288 valence electrons. The van der Waals surface area contributed by atoms with Crippen LogP contribution >= 0.6 is 0 Å². The highest BCUT2D eigenvalue weighted by molar-refractivity contribution is 5.69. The van der Waals surface area contributed by atoms with E-state index in [0.29, 0.717) is 47.3 Å². The molecule has 10 unspecified atom stereocenters. The van der Waals surface area contributed by atoms with Crippen molar-refractivity contribution >= 4 is 5.97 Å². The predicted molar refractivity (Wildman–Crippen MR) is 208 cm³/mol. The number of ether oxygens (including phenoxy) is 1. The molecule has 2 heterocycles. The van der Waals surface area contributed by atoms with E-state index in [0.717, 1.165) is 44.9 Å². The van der Waals surface area contributed by atoms with Crippen molar-refractivity contribution in [3.8, 4) is 0 Å². The summed E-state index contributed by atoms with van der Waals surface area (Å²) in [5.41, 5.74) is -0.0632. The maximum Gasteiger partial charge on any atom is 0.306 e. The van der Waals surface area contributed by atoms with E-state index in [2.05, 4.69) is 60.6 Å². The minimum Gasteiger partial charge on any atom is -0.462 e. The second kappa shape index (κ2) is 18.0. The summed E-state index contributed by atoms with van der Waals surface area (Å²) < 4.78 is 6.18. The monoisotopic (exact) mass is 697 g/mol. The molecule has 2 saturated heterocycles. The van der Waals surface area contributed by atoms with Gasteiger partial charge in [0.15, 0.2) is 0 Å². The molecule has 0 aromatic rings. The van der Waals surface area contributed by atoms with Gasteiger partial charge in [0.05, 0.1) is 0 Å². The molecular formula is C46H80O4. The number of fused-ring (bicyclic) bond motifs is 3. The number of unbranched alkanes of at least 4 members (excludes halogenated alkanes) is 14. The zero-order chi connectivity index (χ0) is 35.8. The zero-order valence-electron chi connectivity index (χ0n) is 34.0. The molecular weight excluding hydrogens is 617 g/mol. The van der Waals surface area contributed by atoms with Crippen molar-refractivity contribution < 1.29 is 19.3 Å². The quantitative estimate of drug-likeness (QED) is 0.0519. The Bertz CT molecular complexity index is 1070. The van der Waals surface area contributed by atoms with Crippen molar-refractivity contribution in [3.63, 3.8) is 0 Å². The molecule has 4 nitrogen and oxygen atoms in total. The molecule has 6 rings (SSSR count). The molecule has 10 atom stereocenters. The van der Waals surface area contributed by atoms with Crippen molar-refractivity contribution in [3.05, 3.63) is 12.2 Å². The van der Waals surface area contributed by atoms with Crippen LogP contribution in [-0.2, 0) is 19.3 Å². The summed E-state index contributed by atoms with van der Waals surface area (Å²) in [5.74, 6) is 3.73. The van der Waals surface area contributed by atoms with Crippen LogP contribution in [0, 0.1) is 46.3 Å². The van der Waals surface area contributed by atoms with Crippen molar-refractivity contribution in [2.45, 2.75) is 226 Å². The first-order valence-corrected chi connectivity index (χ1v) is 22.3. The van der Waals surface area contributed by atoms with Crippen LogP contribution in [0.25, 0.3) is 0 Å². The van der Waals surface area contributed by atoms with Crippen LogP contribution < -0.4 is 0 Å². The van der Waals surface area contributed by atoms with E-state index in [4.69, 9.17) is 14.5 Å². The second-order valence-electron chi connectivity index (χ2n) is 19.3. The van der Waals surface area contributed by atoms with Crippen LogP contribution in [-0.4, -0.2) is 23.3 Å². The molecule has 2 aliphatic heterocycles. The fourth-order valence-electron chi connectivity index (χ4n) is 12.3. The lowest BCUT2D eigenvalue weighted by molar-refractivity contribution is -0.536. The normalized spacial score (nSPS) is 37.4. The van der Waals surface area contributed by atoms with E-state index in [1.807, 2.05) is 0 Å². The molecule has 6 fully saturated rings. The van der Waals surface area contributed by atoms with Crippen LogP contribution in [0.15, 0.2) is 12.2 Å². The summed E-state index contributed by atoms with van der Waals surface area (Å²) in [5, 5.41) is 0. The Labute approximate surface area is 309 Å². The summed E-state index contributed by atoms with van der Waals surface area (Å²) in [6.07, 6.45) is 35.8. The van der Waals surface area contributed by atoms with Crippen LogP contribution in [0.5, 0.6) is 0 Å². The van der Waals surface area contributed by atoms with Gasteiger partial charge in [-0.05, 0) is 98.7 Å².